The van der Waals surface area contributed by atoms with E-state index in [0.717, 1.165) is 67.7 Å². The molecule has 0 aliphatic carbocycles. The molecule has 35 heavy (non-hydrogen) atoms. The first-order chi connectivity index (χ1) is 17.0. The molecule has 5 rings (SSSR count). The number of rotatable bonds is 5. The van der Waals surface area contributed by atoms with Gasteiger partial charge in [-0.25, -0.2) is 4.68 Å². The van der Waals surface area contributed by atoms with Gasteiger partial charge in [0, 0.05) is 61.7 Å². The fourth-order valence-electron chi connectivity index (χ4n) is 4.79. The van der Waals surface area contributed by atoms with Crippen LogP contribution in [0.4, 0.5) is 5.69 Å². The quantitative estimate of drug-likeness (QED) is 0.526. The molecule has 2 aliphatic rings. The van der Waals surface area contributed by atoms with E-state index in [9.17, 15) is 4.79 Å². The van der Waals surface area contributed by atoms with Crippen molar-refractivity contribution in [2.75, 3.05) is 50.7 Å². The molecule has 1 fully saturated rings. The van der Waals surface area contributed by atoms with Crippen molar-refractivity contribution in [1.29, 1.82) is 0 Å². The van der Waals surface area contributed by atoms with Gasteiger partial charge in [-0.05, 0) is 67.3 Å². The van der Waals surface area contributed by atoms with Crippen molar-refractivity contribution < 1.29 is 4.79 Å². The minimum absolute atomic E-state index is 0.218. The predicted molar refractivity (Wildman–Crippen MR) is 142 cm³/mol. The van der Waals surface area contributed by atoms with Crippen molar-refractivity contribution in [3.63, 3.8) is 0 Å². The lowest BCUT2D eigenvalue weighted by molar-refractivity contribution is -0.132. The number of anilines is 1. The summed E-state index contributed by atoms with van der Waals surface area (Å²) in [7, 11) is 0. The maximum Gasteiger partial charge on any atom is 0.236 e. The molecule has 3 aromatic rings. The SMILES string of the molecule is Cc1ccc(-n2cc(C3=CCN(CC(=O)N4CCN(c5cccc(Cl)c5)CC4)CC3)cn2)cc1C. The third-order valence-corrected chi connectivity index (χ3v) is 7.40. The molecule has 0 spiro atoms. The molecule has 0 unspecified atom stereocenters. The highest BCUT2D eigenvalue weighted by Crippen LogP contribution is 2.24. The van der Waals surface area contributed by atoms with E-state index in [0.29, 0.717) is 6.54 Å². The van der Waals surface area contributed by atoms with Crippen LogP contribution in [0, 0.1) is 13.8 Å². The minimum atomic E-state index is 0.218. The van der Waals surface area contributed by atoms with Gasteiger partial charge in [0.05, 0.1) is 18.4 Å². The third-order valence-electron chi connectivity index (χ3n) is 7.17. The number of hydrogen-bond acceptors (Lipinski definition) is 4. The Labute approximate surface area is 212 Å². The van der Waals surface area contributed by atoms with Gasteiger partial charge in [0.15, 0.2) is 0 Å². The zero-order valence-electron chi connectivity index (χ0n) is 20.5. The summed E-state index contributed by atoms with van der Waals surface area (Å²) in [6.45, 7) is 9.56. The van der Waals surface area contributed by atoms with Crippen LogP contribution in [-0.2, 0) is 4.79 Å². The summed E-state index contributed by atoms with van der Waals surface area (Å²) < 4.78 is 1.95. The van der Waals surface area contributed by atoms with Crippen LogP contribution < -0.4 is 4.90 Å². The Bertz CT molecular complexity index is 1240. The molecular formula is C28H32ClN5O. The van der Waals surface area contributed by atoms with E-state index in [1.165, 1.54) is 16.7 Å². The molecule has 1 saturated heterocycles. The van der Waals surface area contributed by atoms with Gasteiger partial charge in [0.25, 0.3) is 0 Å². The van der Waals surface area contributed by atoms with Crippen LogP contribution in [0.15, 0.2) is 60.9 Å². The molecule has 1 aromatic heterocycles. The third kappa shape index (κ3) is 5.44. The zero-order valence-corrected chi connectivity index (χ0v) is 21.2. The van der Waals surface area contributed by atoms with E-state index in [1.54, 1.807) is 0 Å². The lowest BCUT2D eigenvalue weighted by Crippen LogP contribution is -2.51. The highest BCUT2D eigenvalue weighted by molar-refractivity contribution is 6.30. The van der Waals surface area contributed by atoms with Crippen LogP contribution in [-0.4, -0.2) is 71.3 Å². The molecule has 0 bridgehead atoms. The van der Waals surface area contributed by atoms with Gasteiger partial charge in [0.1, 0.15) is 0 Å². The van der Waals surface area contributed by atoms with Gasteiger partial charge in [-0.2, -0.15) is 5.10 Å². The molecule has 7 heteroatoms. The number of aryl methyl sites for hydroxylation is 2. The Morgan fingerprint density at radius 3 is 2.51 bits per heavy atom. The van der Waals surface area contributed by atoms with Crippen LogP contribution in [0.1, 0.15) is 23.1 Å². The predicted octanol–water partition coefficient (Wildman–Crippen LogP) is 4.58. The summed E-state index contributed by atoms with van der Waals surface area (Å²) in [5.74, 6) is 0.218. The second-order valence-corrected chi connectivity index (χ2v) is 9.94. The number of halogens is 1. The van der Waals surface area contributed by atoms with E-state index >= 15 is 0 Å². The van der Waals surface area contributed by atoms with Crippen LogP contribution in [0.5, 0.6) is 0 Å². The molecule has 0 radical (unpaired) electrons. The van der Waals surface area contributed by atoms with E-state index < -0.39 is 0 Å². The van der Waals surface area contributed by atoms with Crippen molar-refractivity contribution in [2.45, 2.75) is 20.3 Å². The largest absolute Gasteiger partial charge is 0.368 e. The summed E-state index contributed by atoms with van der Waals surface area (Å²) in [4.78, 5) is 19.5. The average Bonchev–Trinajstić information content (AvgIpc) is 3.37. The number of carbonyl (C=O) groups is 1. The Morgan fingerprint density at radius 2 is 1.80 bits per heavy atom. The van der Waals surface area contributed by atoms with Gasteiger partial charge >= 0.3 is 0 Å². The topological polar surface area (TPSA) is 44.6 Å². The monoisotopic (exact) mass is 489 g/mol. The molecule has 6 nitrogen and oxygen atoms in total. The smallest absolute Gasteiger partial charge is 0.236 e. The maximum atomic E-state index is 12.9. The van der Waals surface area contributed by atoms with E-state index in [-0.39, 0.29) is 5.91 Å². The fourth-order valence-corrected chi connectivity index (χ4v) is 4.98. The minimum Gasteiger partial charge on any atom is -0.368 e. The van der Waals surface area contributed by atoms with E-state index in [2.05, 4.69) is 65.3 Å². The maximum absolute atomic E-state index is 12.9. The summed E-state index contributed by atoms with van der Waals surface area (Å²) in [6, 6.07) is 14.3. The van der Waals surface area contributed by atoms with Crippen molar-refractivity contribution >= 4 is 28.8 Å². The van der Waals surface area contributed by atoms with Gasteiger partial charge in [-0.3, -0.25) is 9.69 Å². The number of amides is 1. The first-order valence-corrected chi connectivity index (χ1v) is 12.7. The number of aromatic nitrogens is 2. The number of hydrogen-bond donors (Lipinski definition) is 0. The fraction of sp³-hybridized carbons (Fsp3) is 0.357. The lowest BCUT2D eigenvalue weighted by Gasteiger charge is -2.37. The molecule has 1 amide bonds. The molecule has 2 aromatic carbocycles. The molecule has 2 aliphatic heterocycles. The number of carbonyl (C=O) groups excluding carboxylic acids is 1. The summed E-state index contributed by atoms with van der Waals surface area (Å²) >= 11 is 6.13. The standard InChI is InChI=1S/C28H32ClN5O/c1-21-6-7-27(16-22(21)2)34-19-24(18-30-34)23-8-10-31(11-9-23)20-28(35)33-14-12-32(13-15-33)26-5-3-4-25(29)17-26/h3-8,16-19H,9-15,20H2,1-2H3. The Morgan fingerprint density at radius 1 is 0.971 bits per heavy atom. The Balaban J connectivity index is 1.13. The molecule has 0 saturated carbocycles. The number of benzene rings is 2. The van der Waals surface area contributed by atoms with Gasteiger partial charge in [-0.1, -0.05) is 29.8 Å². The first kappa shape index (κ1) is 23.6. The second kappa shape index (κ2) is 10.3. The highest BCUT2D eigenvalue weighted by atomic mass is 35.5. The van der Waals surface area contributed by atoms with Crippen LogP contribution >= 0.6 is 11.6 Å². The summed E-state index contributed by atoms with van der Waals surface area (Å²) in [6.07, 6.45) is 7.22. The average molecular weight is 490 g/mol. The normalized spacial score (nSPS) is 16.9. The van der Waals surface area contributed by atoms with Crippen molar-refractivity contribution in [2.24, 2.45) is 0 Å². The summed E-state index contributed by atoms with van der Waals surface area (Å²) in [5, 5.41) is 5.33. The zero-order chi connectivity index (χ0) is 24.4. The molecule has 0 N–H and O–H groups in total. The Hall–Kier alpha value is -3.09. The second-order valence-electron chi connectivity index (χ2n) is 9.50. The number of nitrogens with zero attached hydrogens (tertiary/aromatic N) is 5. The van der Waals surface area contributed by atoms with Gasteiger partial charge < -0.3 is 9.80 Å². The van der Waals surface area contributed by atoms with Crippen molar-refractivity contribution in [1.82, 2.24) is 19.6 Å². The van der Waals surface area contributed by atoms with E-state index in [1.807, 2.05) is 34.0 Å². The van der Waals surface area contributed by atoms with Crippen LogP contribution in [0.3, 0.4) is 0 Å². The summed E-state index contributed by atoms with van der Waals surface area (Å²) in [5.41, 5.74) is 7.22. The molecule has 3 heterocycles. The molecular weight excluding hydrogens is 458 g/mol. The highest BCUT2D eigenvalue weighted by Gasteiger charge is 2.24. The Kier molecular flexibility index (Phi) is 6.93. The van der Waals surface area contributed by atoms with Crippen molar-refractivity contribution in [3.8, 4) is 5.69 Å². The van der Waals surface area contributed by atoms with Gasteiger partial charge in [-0.15, -0.1) is 0 Å². The van der Waals surface area contributed by atoms with Gasteiger partial charge in [0.2, 0.25) is 5.91 Å². The molecule has 0 atom stereocenters. The van der Waals surface area contributed by atoms with Crippen molar-refractivity contribution in [3.05, 3.63) is 82.6 Å². The van der Waals surface area contributed by atoms with Crippen LogP contribution in [0.25, 0.3) is 11.3 Å². The van der Waals surface area contributed by atoms with Crippen LogP contribution in [0.2, 0.25) is 5.02 Å². The van der Waals surface area contributed by atoms with E-state index in [4.69, 9.17) is 11.6 Å². The number of piperazine rings is 1. The first-order valence-electron chi connectivity index (χ1n) is 12.3. The molecule has 182 valence electrons. The lowest BCUT2D eigenvalue weighted by atomic mass is 10.0.